The minimum absolute atomic E-state index is 0.000963. The van der Waals surface area contributed by atoms with Crippen LogP contribution in [0.4, 0.5) is 0 Å². The van der Waals surface area contributed by atoms with Gasteiger partial charge >= 0.3 is 17.9 Å². The monoisotopic (exact) mass is 431 g/mol. The molecule has 0 atom stereocenters. The Balaban J connectivity index is 2.76. The highest BCUT2D eigenvalue weighted by Crippen LogP contribution is 2.20. The van der Waals surface area contributed by atoms with Crippen molar-refractivity contribution >= 4 is 17.9 Å². The molecule has 0 amide bonds. The van der Waals surface area contributed by atoms with Crippen molar-refractivity contribution in [1.29, 1.82) is 0 Å². The number of nitrogens with zero attached hydrogens (tertiary/aromatic N) is 1. The second kappa shape index (κ2) is 11.0. The Kier molecular flexibility index (Phi) is 8.36. The van der Waals surface area contributed by atoms with Crippen molar-refractivity contribution in [3.63, 3.8) is 0 Å². The van der Waals surface area contributed by atoms with E-state index in [0.29, 0.717) is 11.3 Å². The summed E-state index contributed by atoms with van der Waals surface area (Å²) in [6.45, 7) is 4.72. The molecular formula is C22H25NO8. The van der Waals surface area contributed by atoms with Crippen molar-refractivity contribution in [3.8, 4) is 5.75 Å². The number of ether oxygens (including phenoxy) is 4. The first-order valence-corrected chi connectivity index (χ1v) is 9.79. The third-order valence-electron chi connectivity index (χ3n) is 4.25. The van der Waals surface area contributed by atoms with E-state index < -0.39 is 23.5 Å². The molecule has 9 nitrogen and oxygen atoms in total. The van der Waals surface area contributed by atoms with Gasteiger partial charge in [0.05, 0.1) is 39.0 Å². The summed E-state index contributed by atoms with van der Waals surface area (Å²) in [4.78, 5) is 50.9. The van der Waals surface area contributed by atoms with Gasteiger partial charge in [0, 0.05) is 6.07 Å². The van der Waals surface area contributed by atoms with Crippen molar-refractivity contribution in [2.24, 2.45) is 0 Å². The van der Waals surface area contributed by atoms with Crippen LogP contribution in [0.15, 0.2) is 35.1 Å². The first kappa shape index (κ1) is 23.7. The zero-order valence-electron chi connectivity index (χ0n) is 17.9. The lowest BCUT2D eigenvalue weighted by molar-refractivity contribution is 0.0449. The first-order chi connectivity index (χ1) is 14.9. The van der Waals surface area contributed by atoms with E-state index in [1.165, 1.54) is 7.11 Å². The van der Waals surface area contributed by atoms with Crippen molar-refractivity contribution in [1.82, 2.24) is 4.57 Å². The normalized spacial score (nSPS) is 10.3. The molecule has 0 N–H and O–H groups in total. The molecule has 0 aliphatic heterocycles. The third-order valence-corrected chi connectivity index (χ3v) is 4.25. The van der Waals surface area contributed by atoms with Gasteiger partial charge in [0.2, 0.25) is 0 Å². The minimum Gasteiger partial charge on any atom is -0.497 e. The smallest absolute Gasteiger partial charge is 0.355 e. The van der Waals surface area contributed by atoms with Gasteiger partial charge < -0.3 is 18.9 Å². The largest absolute Gasteiger partial charge is 0.497 e. The third kappa shape index (κ3) is 5.50. The van der Waals surface area contributed by atoms with Gasteiger partial charge in [0.1, 0.15) is 17.0 Å². The minimum atomic E-state index is -0.933. The quantitative estimate of drug-likeness (QED) is 0.440. The standard InChI is InChI=1S/C22H25NO8/c1-5-29-20(25)16-12-17(24)23(13-14-8-10-15(28-4)11-9-14)19(22(27)31-7-3)18(16)21(26)30-6-2/h8-12H,5-7,13H2,1-4H3. The van der Waals surface area contributed by atoms with Crippen LogP contribution in [0.2, 0.25) is 0 Å². The number of carbonyl (C=O) groups excluding carboxylic acids is 3. The molecule has 1 heterocycles. The zero-order chi connectivity index (χ0) is 23.0. The highest BCUT2D eigenvalue weighted by molar-refractivity contribution is 6.09. The van der Waals surface area contributed by atoms with E-state index in [9.17, 15) is 19.2 Å². The van der Waals surface area contributed by atoms with Gasteiger partial charge in [-0.1, -0.05) is 12.1 Å². The van der Waals surface area contributed by atoms with Gasteiger partial charge in [-0.3, -0.25) is 9.36 Å². The fourth-order valence-corrected chi connectivity index (χ4v) is 2.91. The molecule has 0 fully saturated rings. The number of aromatic nitrogens is 1. The number of esters is 3. The summed E-state index contributed by atoms with van der Waals surface area (Å²) in [5, 5.41) is 0. The molecule has 31 heavy (non-hydrogen) atoms. The summed E-state index contributed by atoms with van der Waals surface area (Å²) in [7, 11) is 1.53. The molecular weight excluding hydrogens is 406 g/mol. The molecule has 2 aromatic rings. The molecule has 0 unspecified atom stereocenters. The van der Waals surface area contributed by atoms with Gasteiger partial charge in [0.25, 0.3) is 5.56 Å². The fraction of sp³-hybridized carbons (Fsp3) is 0.364. The Morgan fingerprint density at radius 1 is 0.839 bits per heavy atom. The van der Waals surface area contributed by atoms with E-state index in [-0.39, 0.29) is 43.2 Å². The van der Waals surface area contributed by atoms with Crippen LogP contribution in [0.1, 0.15) is 57.5 Å². The molecule has 0 aliphatic carbocycles. The summed E-state index contributed by atoms with van der Waals surface area (Å²) in [6.07, 6.45) is 0. The Morgan fingerprint density at radius 2 is 1.39 bits per heavy atom. The van der Waals surface area contributed by atoms with Crippen molar-refractivity contribution in [2.45, 2.75) is 27.3 Å². The van der Waals surface area contributed by atoms with Crippen LogP contribution in [0.3, 0.4) is 0 Å². The molecule has 0 spiro atoms. The highest BCUT2D eigenvalue weighted by Gasteiger charge is 2.31. The maximum Gasteiger partial charge on any atom is 0.355 e. The molecule has 0 radical (unpaired) electrons. The van der Waals surface area contributed by atoms with E-state index in [1.54, 1.807) is 45.0 Å². The molecule has 0 saturated carbocycles. The lowest BCUT2D eigenvalue weighted by atomic mass is 10.0. The average Bonchev–Trinajstić information content (AvgIpc) is 2.75. The topological polar surface area (TPSA) is 110 Å². The molecule has 1 aromatic heterocycles. The van der Waals surface area contributed by atoms with Crippen LogP contribution in [-0.4, -0.2) is 49.4 Å². The number of carbonyl (C=O) groups is 3. The summed E-state index contributed by atoms with van der Waals surface area (Å²) in [5.74, 6) is -2.16. The molecule has 1 aromatic carbocycles. The van der Waals surface area contributed by atoms with Crippen LogP contribution in [0.5, 0.6) is 5.75 Å². The van der Waals surface area contributed by atoms with Gasteiger partial charge in [-0.25, -0.2) is 14.4 Å². The number of methoxy groups -OCH3 is 1. The van der Waals surface area contributed by atoms with Crippen molar-refractivity contribution < 1.29 is 33.3 Å². The second-order valence-corrected chi connectivity index (χ2v) is 6.22. The number of rotatable bonds is 9. The fourth-order valence-electron chi connectivity index (χ4n) is 2.91. The Bertz CT molecular complexity index is 1010. The molecule has 9 heteroatoms. The highest BCUT2D eigenvalue weighted by atomic mass is 16.5. The van der Waals surface area contributed by atoms with Crippen molar-refractivity contribution in [3.05, 3.63) is 63.1 Å². The number of hydrogen-bond acceptors (Lipinski definition) is 8. The SMILES string of the molecule is CCOC(=O)c1cc(=O)n(Cc2ccc(OC)cc2)c(C(=O)OCC)c1C(=O)OCC. The van der Waals surface area contributed by atoms with Gasteiger partial charge in [-0.15, -0.1) is 0 Å². The summed E-state index contributed by atoms with van der Waals surface area (Å²) >= 11 is 0. The lowest BCUT2D eigenvalue weighted by Gasteiger charge is -2.18. The van der Waals surface area contributed by atoms with Crippen LogP contribution < -0.4 is 10.3 Å². The van der Waals surface area contributed by atoms with Gasteiger partial charge in [-0.2, -0.15) is 0 Å². The predicted molar refractivity (Wildman–Crippen MR) is 111 cm³/mol. The van der Waals surface area contributed by atoms with Crippen LogP contribution in [-0.2, 0) is 20.8 Å². The van der Waals surface area contributed by atoms with E-state index in [0.717, 1.165) is 10.6 Å². The number of hydrogen-bond donors (Lipinski definition) is 0. The predicted octanol–water partition coefficient (Wildman–Crippen LogP) is 2.44. The van der Waals surface area contributed by atoms with Crippen molar-refractivity contribution in [2.75, 3.05) is 26.9 Å². The average molecular weight is 431 g/mol. The Morgan fingerprint density at radius 3 is 1.94 bits per heavy atom. The first-order valence-electron chi connectivity index (χ1n) is 9.79. The van der Waals surface area contributed by atoms with Crippen LogP contribution in [0, 0.1) is 0 Å². The molecule has 0 aliphatic rings. The molecule has 2 rings (SSSR count). The second-order valence-electron chi connectivity index (χ2n) is 6.22. The summed E-state index contributed by atoms with van der Waals surface area (Å²) in [6, 6.07) is 7.79. The maximum absolute atomic E-state index is 12.9. The van der Waals surface area contributed by atoms with E-state index in [2.05, 4.69) is 0 Å². The molecule has 0 bridgehead atoms. The Labute approximate surface area is 179 Å². The van der Waals surface area contributed by atoms with E-state index in [4.69, 9.17) is 18.9 Å². The van der Waals surface area contributed by atoms with Crippen LogP contribution >= 0.6 is 0 Å². The van der Waals surface area contributed by atoms with Crippen LogP contribution in [0.25, 0.3) is 0 Å². The number of pyridine rings is 1. The van der Waals surface area contributed by atoms with Gasteiger partial charge in [-0.05, 0) is 38.5 Å². The van der Waals surface area contributed by atoms with E-state index in [1.807, 2.05) is 0 Å². The zero-order valence-corrected chi connectivity index (χ0v) is 17.9. The maximum atomic E-state index is 12.9. The summed E-state index contributed by atoms with van der Waals surface area (Å²) < 4.78 is 21.3. The molecule has 166 valence electrons. The number of benzene rings is 1. The summed E-state index contributed by atoms with van der Waals surface area (Å²) in [5.41, 5.74) is -1.10. The Hall–Kier alpha value is -3.62. The lowest BCUT2D eigenvalue weighted by Crippen LogP contribution is -2.33. The van der Waals surface area contributed by atoms with Gasteiger partial charge in [0.15, 0.2) is 0 Å². The van der Waals surface area contributed by atoms with E-state index >= 15 is 0 Å². The molecule has 0 saturated heterocycles.